The Morgan fingerprint density at radius 1 is 1.17 bits per heavy atom. The first-order chi connectivity index (χ1) is 5.95. The van der Waals surface area contributed by atoms with Gasteiger partial charge in [0, 0.05) is 13.2 Å². The molecule has 2 aliphatic rings. The molecule has 0 radical (unpaired) electrons. The molecular weight excluding hydrogens is 150 g/mol. The van der Waals surface area contributed by atoms with E-state index in [4.69, 9.17) is 4.74 Å². The highest BCUT2D eigenvalue weighted by Crippen LogP contribution is 2.25. The third-order valence-electron chi connectivity index (χ3n) is 3.06. The van der Waals surface area contributed by atoms with E-state index in [1.165, 1.54) is 32.1 Å². The number of ether oxygens (including phenoxy) is 1. The third kappa shape index (κ3) is 2.20. The van der Waals surface area contributed by atoms with E-state index in [0.29, 0.717) is 6.10 Å². The predicted molar refractivity (Wildman–Crippen MR) is 49.2 cm³/mol. The van der Waals surface area contributed by atoms with Gasteiger partial charge in [0.1, 0.15) is 0 Å². The smallest absolute Gasteiger partial charge is 0.0711 e. The summed E-state index contributed by atoms with van der Waals surface area (Å²) in [6.07, 6.45) is 7.39. The van der Waals surface area contributed by atoms with E-state index in [2.05, 4.69) is 5.32 Å². The molecule has 70 valence electrons. The maximum Gasteiger partial charge on any atom is 0.0711 e. The molecule has 0 aromatic carbocycles. The summed E-state index contributed by atoms with van der Waals surface area (Å²) in [7, 11) is 0. The highest BCUT2D eigenvalue weighted by atomic mass is 16.5. The van der Waals surface area contributed by atoms with Gasteiger partial charge in [0.25, 0.3) is 0 Å². The summed E-state index contributed by atoms with van der Waals surface area (Å²) in [5.74, 6) is 0.880. The molecule has 2 rings (SSSR count). The van der Waals surface area contributed by atoms with Crippen LogP contribution >= 0.6 is 0 Å². The minimum atomic E-state index is 0.519. The fourth-order valence-corrected chi connectivity index (χ4v) is 2.22. The lowest BCUT2D eigenvalue weighted by Gasteiger charge is -2.14. The lowest BCUT2D eigenvalue weighted by atomic mass is 10.1. The highest BCUT2D eigenvalue weighted by Gasteiger charge is 2.19. The third-order valence-corrected chi connectivity index (χ3v) is 3.06. The molecule has 2 heteroatoms. The molecule has 0 bridgehead atoms. The van der Waals surface area contributed by atoms with Crippen LogP contribution in [-0.2, 0) is 4.74 Å². The van der Waals surface area contributed by atoms with Gasteiger partial charge >= 0.3 is 0 Å². The van der Waals surface area contributed by atoms with Gasteiger partial charge in [-0.25, -0.2) is 0 Å². The summed E-state index contributed by atoms with van der Waals surface area (Å²) in [5.41, 5.74) is 0. The Kier molecular flexibility index (Phi) is 3.01. The first-order valence-electron chi connectivity index (χ1n) is 5.27. The van der Waals surface area contributed by atoms with E-state index in [1.54, 1.807) is 0 Å². The monoisotopic (exact) mass is 169 g/mol. The summed E-state index contributed by atoms with van der Waals surface area (Å²) in [4.78, 5) is 0. The lowest BCUT2D eigenvalue weighted by molar-refractivity contribution is 0.0425. The Morgan fingerprint density at radius 2 is 2.00 bits per heavy atom. The molecule has 1 aliphatic heterocycles. The van der Waals surface area contributed by atoms with E-state index in [1.807, 2.05) is 0 Å². The van der Waals surface area contributed by atoms with Crippen LogP contribution in [0.15, 0.2) is 0 Å². The zero-order valence-electron chi connectivity index (χ0n) is 7.72. The van der Waals surface area contributed by atoms with Crippen molar-refractivity contribution in [1.82, 2.24) is 5.32 Å². The molecule has 0 unspecified atom stereocenters. The van der Waals surface area contributed by atoms with Crippen LogP contribution in [0.5, 0.6) is 0 Å². The summed E-state index contributed by atoms with van der Waals surface area (Å²) in [6.45, 7) is 3.24. The van der Waals surface area contributed by atoms with Gasteiger partial charge in [0.2, 0.25) is 0 Å². The van der Waals surface area contributed by atoms with Crippen molar-refractivity contribution in [3.05, 3.63) is 0 Å². The second-order valence-corrected chi connectivity index (χ2v) is 4.10. The quantitative estimate of drug-likeness (QED) is 0.692. The van der Waals surface area contributed by atoms with Gasteiger partial charge in [-0.2, -0.15) is 0 Å². The molecule has 0 aromatic rings. The second-order valence-electron chi connectivity index (χ2n) is 4.10. The maximum absolute atomic E-state index is 5.82. The Labute approximate surface area is 74.7 Å². The van der Waals surface area contributed by atoms with Gasteiger partial charge < -0.3 is 10.1 Å². The minimum absolute atomic E-state index is 0.519. The fraction of sp³-hybridized carbons (Fsp3) is 1.00. The van der Waals surface area contributed by atoms with Crippen LogP contribution in [0.25, 0.3) is 0 Å². The molecule has 0 aromatic heterocycles. The van der Waals surface area contributed by atoms with Crippen LogP contribution in [0.1, 0.15) is 32.1 Å². The van der Waals surface area contributed by atoms with Crippen LogP contribution in [0, 0.1) is 5.92 Å². The van der Waals surface area contributed by atoms with Crippen LogP contribution in [0.3, 0.4) is 0 Å². The second kappa shape index (κ2) is 4.24. The number of hydrogen-bond donors (Lipinski definition) is 1. The van der Waals surface area contributed by atoms with E-state index in [9.17, 15) is 0 Å². The molecular formula is C10H19NO. The Balaban J connectivity index is 1.60. The Hall–Kier alpha value is -0.0800. The molecule has 1 heterocycles. The van der Waals surface area contributed by atoms with Crippen molar-refractivity contribution in [2.24, 2.45) is 5.92 Å². The SMILES string of the molecule is C1CCC(CO[C@@H]2CCNC2)C1. The number of nitrogens with one attached hydrogen (secondary N) is 1. The van der Waals surface area contributed by atoms with Crippen LogP contribution in [0.4, 0.5) is 0 Å². The van der Waals surface area contributed by atoms with Gasteiger partial charge in [-0.3, -0.25) is 0 Å². The first-order valence-corrected chi connectivity index (χ1v) is 5.27. The molecule has 1 N–H and O–H groups in total. The normalized spacial score (nSPS) is 31.5. The highest BCUT2D eigenvalue weighted by molar-refractivity contribution is 4.73. The van der Waals surface area contributed by atoms with E-state index in [0.717, 1.165) is 25.6 Å². The standard InChI is InChI=1S/C10H19NO/c1-2-4-9(3-1)8-12-10-5-6-11-7-10/h9-11H,1-8H2/t10-/m1/s1. The van der Waals surface area contributed by atoms with Gasteiger partial charge in [-0.05, 0) is 31.7 Å². The molecule has 1 saturated heterocycles. The maximum atomic E-state index is 5.82. The number of rotatable bonds is 3. The molecule has 1 saturated carbocycles. The Bertz CT molecular complexity index is 110. The Morgan fingerprint density at radius 3 is 2.67 bits per heavy atom. The fourth-order valence-electron chi connectivity index (χ4n) is 2.22. The molecule has 1 aliphatic carbocycles. The van der Waals surface area contributed by atoms with E-state index in [-0.39, 0.29) is 0 Å². The molecule has 2 nitrogen and oxygen atoms in total. The van der Waals surface area contributed by atoms with Gasteiger partial charge in [0.05, 0.1) is 6.10 Å². The average molecular weight is 169 g/mol. The zero-order valence-corrected chi connectivity index (χ0v) is 7.72. The summed E-state index contributed by atoms with van der Waals surface area (Å²) >= 11 is 0. The van der Waals surface area contributed by atoms with Crippen LogP contribution in [0.2, 0.25) is 0 Å². The van der Waals surface area contributed by atoms with Gasteiger partial charge in [-0.1, -0.05) is 12.8 Å². The summed E-state index contributed by atoms with van der Waals surface area (Å²) in [6, 6.07) is 0. The van der Waals surface area contributed by atoms with E-state index < -0.39 is 0 Å². The summed E-state index contributed by atoms with van der Waals surface area (Å²) < 4.78 is 5.82. The van der Waals surface area contributed by atoms with Crippen LogP contribution in [-0.4, -0.2) is 25.8 Å². The zero-order chi connectivity index (χ0) is 8.23. The van der Waals surface area contributed by atoms with Crippen molar-refractivity contribution in [3.8, 4) is 0 Å². The average Bonchev–Trinajstić information content (AvgIpc) is 2.74. The van der Waals surface area contributed by atoms with E-state index >= 15 is 0 Å². The molecule has 12 heavy (non-hydrogen) atoms. The molecule has 0 amide bonds. The van der Waals surface area contributed by atoms with Crippen molar-refractivity contribution in [3.63, 3.8) is 0 Å². The summed E-state index contributed by atoms with van der Waals surface area (Å²) in [5, 5.41) is 3.32. The van der Waals surface area contributed by atoms with Gasteiger partial charge in [-0.15, -0.1) is 0 Å². The molecule has 2 fully saturated rings. The largest absolute Gasteiger partial charge is 0.377 e. The van der Waals surface area contributed by atoms with Crippen molar-refractivity contribution in [2.75, 3.05) is 19.7 Å². The lowest BCUT2D eigenvalue weighted by Crippen LogP contribution is -2.19. The molecule has 1 atom stereocenters. The van der Waals surface area contributed by atoms with Crippen molar-refractivity contribution in [1.29, 1.82) is 0 Å². The van der Waals surface area contributed by atoms with Crippen molar-refractivity contribution in [2.45, 2.75) is 38.2 Å². The van der Waals surface area contributed by atoms with Crippen molar-refractivity contribution < 1.29 is 4.74 Å². The number of hydrogen-bond acceptors (Lipinski definition) is 2. The molecule has 0 spiro atoms. The van der Waals surface area contributed by atoms with Crippen molar-refractivity contribution >= 4 is 0 Å². The minimum Gasteiger partial charge on any atom is -0.377 e. The van der Waals surface area contributed by atoms with Crippen LogP contribution < -0.4 is 5.32 Å². The first kappa shape index (κ1) is 8.52. The topological polar surface area (TPSA) is 21.3 Å². The van der Waals surface area contributed by atoms with Gasteiger partial charge in [0.15, 0.2) is 0 Å². The predicted octanol–water partition coefficient (Wildman–Crippen LogP) is 1.56.